The maximum absolute atomic E-state index is 10.6. The van der Waals surface area contributed by atoms with E-state index in [4.69, 9.17) is 26.6 Å². The first-order chi connectivity index (χ1) is 12.1. The van der Waals surface area contributed by atoms with E-state index in [0.717, 1.165) is 11.1 Å². The molecule has 0 saturated carbocycles. The lowest BCUT2D eigenvalue weighted by molar-refractivity contribution is 0.137. The van der Waals surface area contributed by atoms with Crippen molar-refractivity contribution in [2.75, 3.05) is 0 Å². The quantitative estimate of drug-likeness (QED) is 0.714. The second kappa shape index (κ2) is 7.72. The largest absolute Gasteiger partial charge is 0.489 e. The van der Waals surface area contributed by atoms with Crippen LogP contribution in [-0.4, -0.2) is 11.2 Å². The van der Waals surface area contributed by atoms with Crippen molar-refractivity contribution < 1.29 is 18.8 Å². The van der Waals surface area contributed by atoms with E-state index in [1.807, 2.05) is 48.5 Å². The smallest absolute Gasteiger partial charge is 0.404 e. The summed E-state index contributed by atoms with van der Waals surface area (Å²) in [6, 6.07) is 16.6. The van der Waals surface area contributed by atoms with Crippen LogP contribution >= 0.6 is 11.6 Å². The number of nitrogens with two attached hydrogens (primary N) is 1. The minimum atomic E-state index is -0.863. The molecule has 0 aliphatic heterocycles. The zero-order chi connectivity index (χ0) is 17.6. The van der Waals surface area contributed by atoms with Crippen molar-refractivity contribution >= 4 is 17.7 Å². The Morgan fingerprint density at radius 3 is 2.60 bits per heavy atom. The van der Waals surface area contributed by atoms with Crippen LogP contribution in [-0.2, 0) is 18.0 Å². The Kier molecular flexibility index (Phi) is 5.20. The number of amides is 1. The predicted molar refractivity (Wildman–Crippen MR) is 92.1 cm³/mol. The van der Waals surface area contributed by atoms with Crippen molar-refractivity contribution in [1.29, 1.82) is 0 Å². The summed E-state index contributed by atoms with van der Waals surface area (Å²) in [5.41, 5.74) is 7.30. The molecule has 0 fully saturated rings. The van der Waals surface area contributed by atoms with Crippen LogP contribution < -0.4 is 10.5 Å². The molecule has 0 spiro atoms. The Morgan fingerprint density at radius 2 is 1.88 bits per heavy atom. The number of rotatable bonds is 6. The Morgan fingerprint density at radius 1 is 1.12 bits per heavy atom. The number of hydrogen-bond acceptors (Lipinski definition) is 5. The van der Waals surface area contributed by atoms with Gasteiger partial charge in [0.15, 0.2) is 12.4 Å². The second-order valence-corrected chi connectivity index (χ2v) is 5.60. The first kappa shape index (κ1) is 16.9. The fourth-order valence-electron chi connectivity index (χ4n) is 2.16. The van der Waals surface area contributed by atoms with Gasteiger partial charge in [-0.1, -0.05) is 35.0 Å². The van der Waals surface area contributed by atoms with E-state index < -0.39 is 6.09 Å². The van der Waals surface area contributed by atoms with Gasteiger partial charge >= 0.3 is 6.09 Å². The van der Waals surface area contributed by atoms with Gasteiger partial charge in [0.05, 0.1) is 0 Å². The van der Waals surface area contributed by atoms with Gasteiger partial charge in [-0.2, -0.15) is 0 Å². The SMILES string of the molecule is NC(=O)OCc1cc(-c2ccc(OCc3ccccc3Cl)cc2)no1. The van der Waals surface area contributed by atoms with Gasteiger partial charge in [-0.05, 0) is 30.3 Å². The van der Waals surface area contributed by atoms with E-state index in [-0.39, 0.29) is 6.61 Å². The van der Waals surface area contributed by atoms with Crippen molar-refractivity contribution in [3.8, 4) is 17.0 Å². The monoisotopic (exact) mass is 358 g/mol. The highest BCUT2D eigenvalue weighted by molar-refractivity contribution is 6.31. The molecule has 3 aromatic rings. The number of nitrogens with zero attached hydrogens (tertiary/aromatic N) is 1. The lowest BCUT2D eigenvalue weighted by atomic mass is 10.1. The van der Waals surface area contributed by atoms with Gasteiger partial charge in [-0.15, -0.1) is 0 Å². The highest BCUT2D eigenvalue weighted by Crippen LogP contribution is 2.24. The molecule has 7 heteroatoms. The highest BCUT2D eigenvalue weighted by atomic mass is 35.5. The van der Waals surface area contributed by atoms with E-state index in [1.54, 1.807) is 6.07 Å². The van der Waals surface area contributed by atoms with E-state index in [1.165, 1.54) is 0 Å². The minimum absolute atomic E-state index is 0.0542. The normalized spacial score (nSPS) is 10.4. The van der Waals surface area contributed by atoms with Crippen LogP contribution in [0.15, 0.2) is 59.1 Å². The third-order valence-electron chi connectivity index (χ3n) is 3.42. The highest BCUT2D eigenvalue weighted by Gasteiger charge is 2.08. The lowest BCUT2D eigenvalue weighted by Crippen LogP contribution is -2.12. The summed E-state index contributed by atoms with van der Waals surface area (Å²) < 4.78 is 15.5. The van der Waals surface area contributed by atoms with Gasteiger partial charge in [0.2, 0.25) is 0 Å². The summed E-state index contributed by atoms with van der Waals surface area (Å²) in [5, 5.41) is 4.61. The zero-order valence-electron chi connectivity index (χ0n) is 13.1. The number of halogens is 1. The number of carbonyl (C=O) groups is 1. The average molecular weight is 359 g/mol. The molecule has 2 N–H and O–H groups in total. The van der Waals surface area contributed by atoms with Gasteiger partial charge in [0.1, 0.15) is 18.1 Å². The third kappa shape index (κ3) is 4.51. The molecular weight excluding hydrogens is 344 g/mol. The molecule has 0 unspecified atom stereocenters. The van der Waals surface area contributed by atoms with Gasteiger partial charge in [-0.3, -0.25) is 0 Å². The van der Waals surface area contributed by atoms with E-state index >= 15 is 0 Å². The summed E-state index contributed by atoms with van der Waals surface area (Å²) in [7, 11) is 0. The maximum atomic E-state index is 10.6. The zero-order valence-corrected chi connectivity index (χ0v) is 13.9. The van der Waals surface area contributed by atoms with Crippen molar-refractivity contribution in [1.82, 2.24) is 5.16 Å². The standard InChI is InChI=1S/C18H15ClN2O4/c19-16-4-2-1-3-13(16)10-23-14-7-5-12(6-8-14)17-9-15(25-21-17)11-24-18(20)22/h1-9H,10-11H2,(H2,20,22). The molecule has 0 saturated heterocycles. The number of hydrogen-bond donors (Lipinski definition) is 1. The summed E-state index contributed by atoms with van der Waals surface area (Å²) in [4.78, 5) is 10.6. The first-order valence-electron chi connectivity index (χ1n) is 7.46. The Hall–Kier alpha value is -2.99. The number of primary amides is 1. The van der Waals surface area contributed by atoms with E-state index in [2.05, 4.69) is 9.89 Å². The van der Waals surface area contributed by atoms with Crippen LogP contribution in [0.3, 0.4) is 0 Å². The Labute approximate surface area is 149 Å². The summed E-state index contributed by atoms with van der Waals surface area (Å²) in [6.45, 7) is 0.332. The molecule has 0 bridgehead atoms. The molecule has 25 heavy (non-hydrogen) atoms. The molecule has 1 heterocycles. The number of benzene rings is 2. The lowest BCUT2D eigenvalue weighted by Gasteiger charge is -2.08. The predicted octanol–water partition coefficient (Wildman–Crippen LogP) is 4.17. The van der Waals surface area contributed by atoms with Crippen LogP contribution in [0, 0.1) is 0 Å². The molecule has 1 amide bonds. The average Bonchev–Trinajstić information content (AvgIpc) is 3.09. The molecule has 6 nitrogen and oxygen atoms in total. The fourth-order valence-corrected chi connectivity index (χ4v) is 2.35. The molecule has 0 radical (unpaired) electrons. The van der Waals surface area contributed by atoms with E-state index in [0.29, 0.717) is 28.8 Å². The fraction of sp³-hybridized carbons (Fsp3) is 0.111. The molecule has 0 aliphatic rings. The van der Waals surface area contributed by atoms with Gasteiger partial charge in [0.25, 0.3) is 0 Å². The molecule has 3 rings (SSSR count). The molecule has 0 aliphatic carbocycles. The van der Waals surface area contributed by atoms with Crippen LogP contribution in [0.2, 0.25) is 5.02 Å². The van der Waals surface area contributed by atoms with Crippen LogP contribution in [0.25, 0.3) is 11.3 Å². The Bertz CT molecular complexity index is 862. The topological polar surface area (TPSA) is 87.6 Å². The molecular formula is C18H15ClN2O4. The van der Waals surface area contributed by atoms with Gasteiger partial charge in [0, 0.05) is 22.2 Å². The first-order valence-corrected chi connectivity index (χ1v) is 7.84. The third-order valence-corrected chi connectivity index (χ3v) is 3.79. The summed E-state index contributed by atoms with van der Waals surface area (Å²) in [6.07, 6.45) is -0.863. The maximum Gasteiger partial charge on any atom is 0.404 e. The summed E-state index contributed by atoms with van der Waals surface area (Å²) >= 11 is 6.11. The van der Waals surface area contributed by atoms with Crippen LogP contribution in [0.1, 0.15) is 11.3 Å². The molecule has 1 aromatic heterocycles. The summed E-state index contributed by atoms with van der Waals surface area (Å²) in [5.74, 6) is 1.12. The number of ether oxygens (including phenoxy) is 2. The van der Waals surface area contributed by atoms with Crippen molar-refractivity contribution in [2.24, 2.45) is 5.73 Å². The van der Waals surface area contributed by atoms with Gasteiger partial charge < -0.3 is 19.7 Å². The number of carbonyl (C=O) groups excluding carboxylic acids is 1. The number of aromatic nitrogens is 1. The second-order valence-electron chi connectivity index (χ2n) is 5.19. The van der Waals surface area contributed by atoms with Crippen molar-refractivity contribution in [2.45, 2.75) is 13.2 Å². The van der Waals surface area contributed by atoms with E-state index in [9.17, 15) is 4.79 Å². The van der Waals surface area contributed by atoms with Crippen LogP contribution in [0.4, 0.5) is 4.79 Å². The van der Waals surface area contributed by atoms with Crippen LogP contribution in [0.5, 0.6) is 5.75 Å². The Balaban J connectivity index is 1.62. The van der Waals surface area contributed by atoms with Crippen molar-refractivity contribution in [3.63, 3.8) is 0 Å². The minimum Gasteiger partial charge on any atom is -0.489 e. The van der Waals surface area contributed by atoms with Crippen molar-refractivity contribution in [3.05, 3.63) is 70.9 Å². The molecule has 128 valence electrons. The molecule has 0 atom stereocenters. The molecule has 2 aromatic carbocycles. The van der Waals surface area contributed by atoms with Gasteiger partial charge in [-0.25, -0.2) is 4.79 Å².